The third-order valence-corrected chi connectivity index (χ3v) is 3.74. The summed E-state index contributed by atoms with van der Waals surface area (Å²) in [7, 11) is 0. The maximum Gasteiger partial charge on any atom is 0.254 e. The van der Waals surface area contributed by atoms with Crippen molar-refractivity contribution >= 4 is 11.6 Å². The van der Waals surface area contributed by atoms with E-state index < -0.39 is 5.82 Å². The van der Waals surface area contributed by atoms with Crippen LogP contribution < -0.4 is 5.73 Å². The zero-order valence-corrected chi connectivity index (χ0v) is 11.3. The first kappa shape index (κ1) is 13.4. The minimum atomic E-state index is -0.587. The number of anilines is 1. The average molecular weight is 286 g/mol. The molecule has 0 saturated carbocycles. The van der Waals surface area contributed by atoms with Crippen LogP contribution in [0.15, 0.2) is 36.4 Å². The lowest BCUT2D eigenvalue weighted by atomic mass is 9.99. The van der Waals surface area contributed by atoms with Gasteiger partial charge in [0.15, 0.2) is 0 Å². The summed E-state index contributed by atoms with van der Waals surface area (Å²) in [6, 6.07) is 9.26. The third-order valence-electron chi connectivity index (χ3n) is 3.74. The monoisotopic (exact) mass is 286 g/mol. The van der Waals surface area contributed by atoms with E-state index in [1.54, 1.807) is 17.0 Å². The smallest absolute Gasteiger partial charge is 0.254 e. The van der Waals surface area contributed by atoms with Crippen molar-refractivity contribution in [1.82, 2.24) is 4.90 Å². The van der Waals surface area contributed by atoms with Gasteiger partial charge in [0, 0.05) is 18.7 Å². The highest BCUT2D eigenvalue weighted by Crippen LogP contribution is 2.24. The van der Waals surface area contributed by atoms with Crippen molar-refractivity contribution in [2.75, 3.05) is 12.3 Å². The summed E-state index contributed by atoms with van der Waals surface area (Å²) in [5.41, 5.74) is 7.78. The van der Waals surface area contributed by atoms with Crippen molar-refractivity contribution in [3.8, 4) is 5.75 Å². The summed E-state index contributed by atoms with van der Waals surface area (Å²) >= 11 is 0. The van der Waals surface area contributed by atoms with Gasteiger partial charge in [0.25, 0.3) is 5.91 Å². The third kappa shape index (κ3) is 2.54. The molecule has 108 valence electrons. The first-order valence-corrected chi connectivity index (χ1v) is 6.69. The van der Waals surface area contributed by atoms with Crippen molar-refractivity contribution in [3.63, 3.8) is 0 Å². The Hall–Kier alpha value is -2.56. The minimum absolute atomic E-state index is 0.0282. The van der Waals surface area contributed by atoms with Gasteiger partial charge in [-0.05, 0) is 47.9 Å². The Morgan fingerprint density at radius 2 is 2.00 bits per heavy atom. The van der Waals surface area contributed by atoms with E-state index in [4.69, 9.17) is 5.73 Å². The number of nitrogens with two attached hydrogens (primary N) is 1. The van der Waals surface area contributed by atoms with Crippen LogP contribution in [0.4, 0.5) is 10.1 Å². The molecule has 1 amide bonds. The van der Waals surface area contributed by atoms with Gasteiger partial charge in [-0.25, -0.2) is 4.39 Å². The van der Waals surface area contributed by atoms with Crippen LogP contribution in [0, 0.1) is 5.82 Å². The highest BCUT2D eigenvalue weighted by atomic mass is 19.1. The van der Waals surface area contributed by atoms with Crippen LogP contribution in [0.2, 0.25) is 0 Å². The largest absolute Gasteiger partial charge is 0.508 e. The zero-order valence-electron chi connectivity index (χ0n) is 11.3. The van der Waals surface area contributed by atoms with Crippen LogP contribution >= 0.6 is 0 Å². The highest BCUT2D eigenvalue weighted by molar-refractivity contribution is 5.94. The number of hydrogen-bond donors (Lipinski definition) is 2. The summed E-state index contributed by atoms with van der Waals surface area (Å²) in [6.45, 7) is 0.983. The van der Waals surface area contributed by atoms with Gasteiger partial charge in [0.1, 0.15) is 11.6 Å². The number of phenols is 1. The first-order chi connectivity index (χ1) is 10.0. The predicted molar refractivity (Wildman–Crippen MR) is 77.4 cm³/mol. The van der Waals surface area contributed by atoms with Gasteiger partial charge < -0.3 is 15.7 Å². The van der Waals surface area contributed by atoms with Crippen LogP contribution in [-0.4, -0.2) is 22.5 Å². The quantitative estimate of drug-likeness (QED) is 0.791. The van der Waals surface area contributed by atoms with E-state index in [1.807, 2.05) is 6.07 Å². The Labute approximate surface area is 121 Å². The number of nitrogens with zero attached hydrogens (tertiary/aromatic N) is 1. The molecule has 1 aliphatic rings. The normalized spacial score (nSPS) is 13.9. The molecule has 3 N–H and O–H groups in total. The molecule has 1 aliphatic heterocycles. The van der Waals surface area contributed by atoms with Crippen LogP contribution in [0.25, 0.3) is 0 Å². The molecule has 0 atom stereocenters. The number of carbonyl (C=O) groups excluding carboxylic acids is 1. The van der Waals surface area contributed by atoms with Crippen molar-refractivity contribution in [3.05, 3.63) is 58.9 Å². The van der Waals surface area contributed by atoms with Crippen molar-refractivity contribution < 1.29 is 14.3 Å². The SMILES string of the molecule is Nc1ccc(C(=O)N2CCc3ccc(O)cc3C2)cc1F. The summed E-state index contributed by atoms with van der Waals surface area (Å²) in [6.07, 6.45) is 0.721. The molecule has 0 fully saturated rings. The molecule has 0 unspecified atom stereocenters. The van der Waals surface area contributed by atoms with Gasteiger partial charge in [0.05, 0.1) is 5.69 Å². The van der Waals surface area contributed by atoms with Gasteiger partial charge in [-0.1, -0.05) is 6.07 Å². The molecule has 3 rings (SSSR count). The molecule has 0 aromatic heterocycles. The molecule has 0 aliphatic carbocycles. The number of rotatable bonds is 1. The van der Waals surface area contributed by atoms with Crippen molar-refractivity contribution in [2.24, 2.45) is 0 Å². The topological polar surface area (TPSA) is 66.6 Å². The molecule has 0 radical (unpaired) electrons. The number of fused-ring (bicyclic) bond motifs is 1. The van der Waals surface area contributed by atoms with Gasteiger partial charge in [0.2, 0.25) is 0 Å². The summed E-state index contributed by atoms with van der Waals surface area (Å²) in [4.78, 5) is 14.1. The number of amides is 1. The maximum atomic E-state index is 13.5. The summed E-state index contributed by atoms with van der Waals surface area (Å²) in [5, 5.41) is 9.53. The number of phenolic OH excluding ortho intramolecular Hbond substituents is 1. The Balaban J connectivity index is 1.85. The lowest BCUT2D eigenvalue weighted by Crippen LogP contribution is -2.36. The molecule has 4 nitrogen and oxygen atoms in total. The molecule has 21 heavy (non-hydrogen) atoms. The molecular weight excluding hydrogens is 271 g/mol. The van der Waals surface area contributed by atoms with Crippen molar-refractivity contribution in [2.45, 2.75) is 13.0 Å². The second kappa shape index (κ2) is 5.09. The number of aromatic hydroxyl groups is 1. The average Bonchev–Trinajstić information content (AvgIpc) is 2.48. The lowest BCUT2D eigenvalue weighted by molar-refractivity contribution is 0.0734. The fourth-order valence-corrected chi connectivity index (χ4v) is 2.56. The molecule has 0 spiro atoms. The number of nitrogen functional groups attached to an aromatic ring is 1. The van der Waals surface area contributed by atoms with Crippen LogP contribution in [0.3, 0.4) is 0 Å². The Kier molecular flexibility index (Phi) is 3.25. The molecule has 5 heteroatoms. The maximum absolute atomic E-state index is 13.5. The van der Waals surface area contributed by atoms with Gasteiger partial charge >= 0.3 is 0 Å². The minimum Gasteiger partial charge on any atom is -0.508 e. The van der Waals surface area contributed by atoms with E-state index >= 15 is 0 Å². The Morgan fingerprint density at radius 1 is 1.19 bits per heavy atom. The highest BCUT2D eigenvalue weighted by Gasteiger charge is 2.22. The fraction of sp³-hybridized carbons (Fsp3) is 0.188. The van der Waals surface area contributed by atoms with Crippen molar-refractivity contribution in [1.29, 1.82) is 0 Å². The zero-order chi connectivity index (χ0) is 15.0. The van der Waals surface area contributed by atoms with E-state index in [9.17, 15) is 14.3 Å². The summed E-state index contributed by atoms with van der Waals surface area (Å²) in [5.74, 6) is -0.639. The second-order valence-electron chi connectivity index (χ2n) is 5.17. The van der Waals surface area contributed by atoms with Gasteiger partial charge in [-0.2, -0.15) is 0 Å². The predicted octanol–water partition coefficient (Wildman–Crippen LogP) is 2.31. The molecule has 0 saturated heterocycles. The fourth-order valence-electron chi connectivity index (χ4n) is 2.56. The molecule has 2 aromatic rings. The summed E-state index contributed by atoms with van der Waals surface area (Å²) < 4.78 is 13.5. The van der Waals surface area contributed by atoms with Crippen LogP contribution in [-0.2, 0) is 13.0 Å². The Morgan fingerprint density at radius 3 is 2.76 bits per heavy atom. The molecule has 1 heterocycles. The van der Waals surface area contributed by atoms with E-state index in [2.05, 4.69) is 0 Å². The van der Waals surface area contributed by atoms with E-state index in [-0.39, 0.29) is 22.9 Å². The van der Waals surface area contributed by atoms with Crippen LogP contribution in [0.1, 0.15) is 21.5 Å². The van der Waals surface area contributed by atoms with E-state index in [0.29, 0.717) is 13.1 Å². The van der Waals surface area contributed by atoms with Crippen LogP contribution in [0.5, 0.6) is 5.75 Å². The second-order valence-corrected chi connectivity index (χ2v) is 5.17. The number of benzene rings is 2. The Bertz CT molecular complexity index is 715. The first-order valence-electron chi connectivity index (χ1n) is 6.69. The standard InChI is InChI=1S/C16H15FN2O2/c17-14-8-11(2-4-15(14)18)16(21)19-6-5-10-1-3-13(20)7-12(10)9-19/h1-4,7-8,20H,5-6,9,18H2. The van der Waals surface area contributed by atoms with Gasteiger partial charge in [-0.3, -0.25) is 4.79 Å². The molecule has 0 bridgehead atoms. The molecule has 2 aromatic carbocycles. The number of carbonyl (C=O) groups is 1. The van der Waals surface area contributed by atoms with E-state index in [1.165, 1.54) is 12.1 Å². The van der Waals surface area contributed by atoms with Gasteiger partial charge in [-0.15, -0.1) is 0 Å². The van der Waals surface area contributed by atoms with E-state index in [0.717, 1.165) is 23.6 Å². The lowest BCUT2D eigenvalue weighted by Gasteiger charge is -2.29. The molecular formula is C16H15FN2O2. The number of hydrogen-bond acceptors (Lipinski definition) is 3. The number of halogens is 1.